The molecule has 3 aromatic rings. The molecule has 0 saturated carbocycles. The Kier molecular flexibility index (Phi) is 5.69. The highest BCUT2D eigenvalue weighted by Crippen LogP contribution is 2.19. The number of ether oxygens (including phenoxy) is 2. The van der Waals surface area contributed by atoms with E-state index in [2.05, 4.69) is 14.9 Å². The lowest BCUT2D eigenvalue weighted by atomic mass is 10.2. The Morgan fingerprint density at radius 3 is 2.77 bits per heavy atom. The van der Waals surface area contributed by atoms with Crippen LogP contribution in [0.5, 0.6) is 5.75 Å². The van der Waals surface area contributed by atoms with Gasteiger partial charge in [0.15, 0.2) is 6.61 Å². The van der Waals surface area contributed by atoms with Gasteiger partial charge < -0.3 is 14.0 Å². The van der Waals surface area contributed by atoms with Crippen molar-refractivity contribution >= 4 is 23.4 Å². The van der Waals surface area contributed by atoms with Gasteiger partial charge in [-0.2, -0.15) is 25.1 Å². The Bertz CT molecular complexity index is 877. The van der Waals surface area contributed by atoms with Gasteiger partial charge in [-0.25, -0.2) is 4.79 Å². The maximum Gasteiger partial charge on any atom is 0.387 e. The minimum Gasteiger partial charge on any atom is -0.452 e. The van der Waals surface area contributed by atoms with Gasteiger partial charge in [0.05, 0.1) is 0 Å². The van der Waals surface area contributed by atoms with Crippen LogP contribution in [0.4, 0.5) is 8.78 Å². The molecule has 2 aromatic heterocycles. The predicted octanol–water partition coefficient (Wildman–Crippen LogP) is 4.16. The molecule has 9 heteroatoms. The first-order valence-electron chi connectivity index (χ1n) is 7.35. The molecule has 3 rings (SSSR count). The van der Waals surface area contributed by atoms with Crippen molar-refractivity contribution in [3.8, 4) is 17.1 Å². The summed E-state index contributed by atoms with van der Waals surface area (Å²) in [6.45, 7) is -3.03. The molecule has 0 saturated heterocycles. The lowest BCUT2D eigenvalue weighted by molar-refractivity contribution is -0.139. The number of benzene rings is 1. The van der Waals surface area contributed by atoms with E-state index in [9.17, 15) is 13.6 Å². The third kappa shape index (κ3) is 4.96. The van der Waals surface area contributed by atoms with E-state index in [1.165, 1.54) is 47.8 Å². The van der Waals surface area contributed by atoms with Crippen molar-refractivity contribution in [3.05, 3.63) is 58.6 Å². The van der Waals surface area contributed by atoms with E-state index in [1.807, 2.05) is 16.8 Å². The van der Waals surface area contributed by atoms with Crippen LogP contribution in [0.15, 0.2) is 51.7 Å². The van der Waals surface area contributed by atoms with Crippen LogP contribution in [-0.2, 0) is 16.1 Å². The second kappa shape index (κ2) is 8.34. The Labute approximate surface area is 150 Å². The number of rotatable bonds is 7. The summed E-state index contributed by atoms with van der Waals surface area (Å²) >= 11 is 1.51. The highest BCUT2D eigenvalue weighted by molar-refractivity contribution is 7.08. The van der Waals surface area contributed by atoms with Crippen molar-refractivity contribution in [1.82, 2.24) is 10.1 Å². The summed E-state index contributed by atoms with van der Waals surface area (Å²) in [4.78, 5) is 15.8. The molecule has 0 radical (unpaired) electrons. The standard InChI is InChI=1S/C17H12F2N2O4S/c18-17(19)24-13-4-1-11(2-5-13)3-6-15(22)23-9-14-20-16(21-25-14)12-7-8-26-10-12/h1-8,10,17H,9H2/b6-3+. The number of halogens is 2. The number of alkyl halides is 2. The predicted molar refractivity (Wildman–Crippen MR) is 89.5 cm³/mol. The number of thiophene rings is 1. The summed E-state index contributed by atoms with van der Waals surface area (Å²) in [5.74, 6) is 0.0473. The first-order chi connectivity index (χ1) is 12.6. The zero-order valence-electron chi connectivity index (χ0n) is 13.2. The Morgan fingerprint density at radius 2 is 2.08 bits per heavy atom. The summed E-state index contributed by atoms with van der Waals surface area (Å²) in [6, 6.07) is 7.67. The minimum atomic E-state index is -2.88. The number of nitrogens with zero attached hydrogens (tertiary/aromatic N) is 2. The fourth-order valence-electron chi connectivity index (χ4n) is 1.93. The molecular weight excluding hydrogens is 366 g/mol. The van der Waals surface area contributed by atoms with E-state index in [4.69, 9.17) is 9.26 Å². The molecule has 0 aliphatic carbocycles. The first-order valence-corrected chi connectivity index (χ1v) is 8.29. The van der Waals surface area contributed by atoms with Gasteiger partial charge in [0.1, 0.15) is 5.75 Å². The molecule has 2 heterocycles. The average molecular weight is 378 g/mol. The van der Waals surface area contributed by atoms with E-state index in [0.717, 1.165) is 5.56 Å². The van der Waals surface area contributed by atoms with Gasteiger partial charge in [-0.15, -0.1) is 0 Å². The smallest absolute Gasteiger partial charge is 0.387 e. The zero-order valence-corrected chi connectivity index (χ0v) is 14.0. The quantitative estimate of drug-likeness (QED) is 0.454. The molecule has 0 N–H and O–H groups in total. The Hall–Kier alpha value is -3.07. The maximum absolute atomic E-state index is 12.1. The van der Waals surface area contributed by atoms with Gasteiger partial charge in [-0.1, -0.05) is 17.3 Å². The number of carbonyl (C=O) groups is 1. The van der Waals surface area contributed by atoms with Gasteiger partial charge in [0.25, 0.3) is 5.89 Å². The summed E-state index contributed by atoms with van der Waals surface area (Å²) in [7, 11) is 0. The average Bonchev–Trinajstić information content (AvgIpc) is 3.30. The van der Waals surface area contributed by atoms with Crippen LogP contribution in [-0.4, -0.2) is 22.7 Å². The van der Waals surface area contributed by atoms with E-state index >= 15 is 0 Å². The topological polar surface area (TPSA) is 74.5 Å². The van der Waals surface area contributed by atoms with Crippen molar-refractivity contribution in [3.63, 3.8) is 0 Å². The number of esters is 1. The molecule has 0 amide bonds. The highest BCUT2D eigenvalue weighted by atomic mass is 32.1. The van der Waals surface area contributed by atoms with Gasteiger partial charge in [0.2, 0.25) is 5.82 Å². The number of hydrogen-bond acceptors (Lipinski definition) is 7. The molecule has 0 aliphatic heterocycles. The van der Waals surface area contributed by atoms with Crippen LogP contribution in [0.1, 0.15) is 11.5 Å². The third-order valence-corrected chi connectivity index (χ3v) is 3.79. The van der Waals surface area contributed by atoms with E-state index in [-0.39, 0.29) is 18.2 Å². The molecule has 134 valence electrons. The zero-order chi connectivity index (χ0) is 18.4. The normalized spacial score (nSPS) is 11.2. The van der Waals surface area contributed by atoms with Crippen LogP contribution in [0.25, 0.3) is 17.5 Å². The van der Waals surface area contributed by atoms with Crippen molar-refractivity contribution in [2.75, 3.05) is 0 Å². The third-order valence-electron chi connectivity index (χ3n) is 3.10. The molecular formula is C17H12F2N2O4S. The van der Waals surface area contributed by atoms with E-state index < -0.39 is 12.6 Å². The Balaban J connectivity index is 1.50. The van der Waals surface area contributed by atoms with Crippen molar-refractivity contribution in [1.29, 1.82) is 0 Å². The fourth-order valence-corrected chi connectivity index (χ4v) is 2.56. The molecule has 0 unspecified atom stereocenters. The van der Waals surface area contributed by atoms with Crippen molar-refractivity contribution < 1.29 is 27.6 Å². The van der Waals surface area contributed by atoms with Crippen LogP contribution < -0.4 is 4.74 Å². The molecule has 6 nitrogen and oxygen atoms in total. The first kappa shape index (κ1) is 17.7. The van der Waals surface area contributed by atoms with Crippen molar-refractivity contribution in [2.45, 2.75) is 13.2 Å². The number of hydrogen-bond donors (Lipinski definition) is 0. The summed E-state index contributed by atoms with van der Waals surface area (Å²) < 4.78 is 38.4. The molecule has 0 fully saturated rings. The molecule has 0 aliphatic rings. The van der Waals surface area contributed by atoms with Crippen LogP contribution in [0.3, 0.4) is 0 Å². The monoisotopic (exact) mass is 378 g/mol. The van der Waals surface area contributed by atoms with Gasteiger partial charge in [-0.3, -0.25) is 0 Å². The molecule has 0 spiro atoms. The van der Waals surface area contributed by atoms with Crippen molar-refractivity contribution in [2.24, 2.45) is 0 Å². The van der Waals surface area contributed by atoms with E-state index in [0.29, 0.717) is 11.4 Å². The highest BCUT2D eigenvalue weighted by Gasteiger charge is 2.10. The van der Waals surface area contributed by atoms with Gasteiger partial charge in [-0.05, 0) is 35.2 Å². The second-order valence-corrected chi connectivity index (χ2v) is 5.69. The summed E-state index contributed by atoms with van der Waals surface area (Å²) in [5, 5.41) is 7.57. The molecule has 26 heavy (non-hydrogen) atoms. The van der Waals surface area contributed by atoms with Gasteiger partial charge >= 0.3 is 12.6 Å². The lowest BCUT2D eigenvalue weighted by Gasteiger charge is -2.03. The van der Waals surface area contributed by atoms with Crippen LogP contribution in [0.2, 0.25) is 0 Å². The molecule has 0 bridgehead atoms. The Morgan fingerprint density at radius 1 is 1.27 bits per heavy atom. The summed E-state index contributed by atoms with van der Waals surface area (Å²) in [6.07, 6.45) is 2.69. The maximum atomic E-state index is 12.1. The lowest BCUT2D eigenvalue weighted by Crippen LogP contribution is -2.01. The minimum absolute atomic E-state index is 0.0394. The number of aromatic nitrogens is 2. The molecule has 0 atom stereocenters. The van der Waals surface area contributed by atoms with Crippen LogP contribution in [0, 0.1) is 0 Å². The molecule has 1 aromatic carbocycles. The van der Waals surface area contributed by atoms with E-state index in [1.54, 1.807) is 0 Å². The van der Waals surface area contributed by atoms with Gasteiger partial charge in [0, 0.05) is 17.0 Å². The second-order valence-electron chi connectivity index (χ2n) is 4.91. The van der Waals surface area contributed by atoms with Crippen LogP contribution >= 0.6 is 11.3 Å². The largest absolute Gasteiger partial charge is 0.452 e. The fraction of sp³-hybridized carbons (Fsp3) is 0.118. The number of carbonyl (C=O) groups excluding carboxylic acids is 1. The SMILES string of the molecule is O=C(/C=C/c1ccc(OC(F)F)cc1)OCc1nc(-c2ccsc2)no1. The summed E-state index contributed by atoms with van der Waals surface area (Å²) in [5.41, 5.74) is 1.46.